The molecule has 1 saturated heterocycles. The molecular formula is C22H30N6O2S. The van der Waals surface area contributed by atoms with Gasteiger partial charge in [-0.2, -0.15) is 0 Å². The van der Waals surface area contributed by atoms with Crippen molar-refractivity contribution in [3.63, 3.8) is 0 Å². The van der Waals surface area contributed by atoms with Gasteiger partial charge in [0.15, 0.2) is 0 Å². The van der Waals surface area contributed by atoms with Crippen LogP contribution < -0.4 is 19.7 Å². The van der Waals surface area contributed by atoms with E-state index in [0.717, 1.165) is 59.3 Å². The molecule has 0 atom stereocenters. The summed E-state index contributed by atoms with van der Waals surface area (Å²) in [5.41, 5.74) is 2.05. The molecule has 4 rings (SSSR count). The lowest BCUT2D eigenvalue weighted by Gasteiger charge is -2.33. The highest BCUT2D eigenvalue weighted by Crippen LogP contribution is 2.28. The molecule has 0 bridgehead atoms. The van der Waals surface area contributed by atoms with Crippen molar-refractivity contribution in [2.75, 3.05) is 57.2 Å². The Hall–Kier alpha value is -2.78. The fourth-order valence-electron chi connectivity index (χ4n) is 3.76. The summed E-state index contributed by atoms with van der Waals surface area (Å²) >= 11 is 1.64. The summed E-state index contributed by atoms with van der Waals surface area (Å²) in [7, 11) is 3.31. The van der Waals surface area contributed by atoms with Crippen LogP contribution in [0.15, 0.2) is 36.5 Å². The molecule has 2 aromatic heterocycles. The zero-order valence-corrected chi connectivity index (χ0v) is 19.2. The molecule has 1 aliphatic rings. The Morgan fingerprint density at radius 3 is 2.39 bits per heavy atom. The molecule has 0 unspecified atom stereocenters. The summed E-state index contributed by atoms with van der Waals surface area (Å²) in [5, 5.41) is 14.3. The minimum absolute atomic E-state index is 0.647. The lowest BCUT2D eigenvalue weighted by molar-refractivity contribution is 0.258. The molecule has 0 aliphatic carbocycles. The second kappa shape index (κ2) is 10.0. The normalized spacial score (nSPS) is 14.6. The smallest absolute Gasteiger partial charge is 0.218 e. The molecule has 0 spiro atoms. The molecule has 8 nitrogen and oxygen atoms in total. The Kier molecular flexibility index (Phi) is 6.93. The minimum atomic E-state index is 0.647. The van der Waals surface area contributed by atoms with Crippen LogP contribution in [0.4, 0.5) is 10.8 Å². The SMILES string of the molecule is CCCN1CCN(c2nnc(-n3cccc3CNc3cc(OC)cc(OC)c3)s2)CC1. The number of piperazine rings is 1. The second-order valence-corrected chi connectivity index (χ2v) is 8.45. The molecule has 9 heteroatoms. The number of hydrogen-bond donors (Lipinski definition) is 1. The average Bonchev–Trinajstić information content (AvgIpc) is 3.47. The number of benzene rings is 1. The molecule has 1 aromatic carbocycles. The van der Waals surface area contributed by atoms with E-state index in [-0.39, 0.29) is 0 Å². The summed E-state index contributed by atoms with van der Waals surface area (Å²) in [6.07, 6.45) is 3.24. The zero-order chi connectivity index (χ0) is 21.6. The molecule has 31 heavy (non-hydrogen) atoms. The molecule has 0 radical (unpaired) electrons. The average molecular weight is 443 g/mol. The minimum Gasteiger partial charge on any atom is -0.497 e. The van der Waals surface area contributed by atoms with Crippen LogP contribution in [0.1, 0.15) is 19.0 Å². The highest BCUT2D eigenvalue weighted by atomic mass is 32.1. The number of rotatable bonds is 9. The van der Waals surface area contributed by atoms with Gasteiger partial charge in [0.25, 0.3) is 0 Å². The second-order valence-electron chi connectivity index (χ2n) is 7.52. The van der Waals surface area contributed by atoms with Gasteiger partial charge in [-0.15, -0.1) is 10.2 Å². The van der Waals surface area contributed by atoms with Crippen molar-refractivity contribution >= 4 is 22.2 Å². The van der Waals surface area contributed by atoms with Crippen molar-refractivity contribution in [1.29, 1.82) is 0 Å². The standard InChI is InChI=1S/C22H30N6O2S/c1-4-7-26-9-11-27(12-10-26)21-24-25-22(31-21)28-8-5-6-18(28)16-23-17-13-19(29-2)15-20(14-17)30-3/h5-6,8,13-15,23H,4,7,9-12,16H2,1-3H3. The van der Waals surface area contributed by atoms with Crippen LogP contribution >= 0.6 is 11.3 Å². The Morgan fingerprint density at radius 1 is 1.00 bits per heavy atom. The Bertz CT molecular complexity index is 958. The predicted molar refractivity (Wildman–Crippen MR) is 125 cm³/mol. The molecule has 3 aromatic rings. The molecule has 0 amide bonds. The maximum Gasteiger partial charge on any atom is 0.218 e. The summed E-state index contributed by atoms with van der Waals surface area (Å²) < 4.78 is 12.8. The Balaban J connectivity index is 1.42. The third-order valence-corrected chi connectivity index (χ3v) is 6.43. The Labute approximate surface area is 187 Å². The lowest BCUT2D eigenvalue weighted by atomic mass is 10.2. The largest absolute Gasteiger partial charge is 0.497 e. The maximum absolute atomic E-state index is 5.36. The molecule has 1 aliphatic heterocycles. The van der Waals surface area contributed by atoms with Gasteiger partial charge in [0.1, 0.15) is 11.5 Å². The highest BCUT2D eigenvalue weighted by molar-refractivity contribution is 7.17. The van der Waals surface area contributed by atoms with E-state index in [9.17, 15) is 0 Å². The molecule has 1 N–H and O–H groups in total. The van der Waals surface area contributed by atoms with Crippen molar-refractivity contribution in [1.82, 2.24) is 19.7 Å². The van der Waals surface area contributed by atoms with E-state index < -0.39 is 0 Å². The van der Waals surface area contributed by atoms with Gasteiger partial charge in [-0.1, -0.05) is 18.3 Å². The highest BCUT2D eigenvalue weighted by Gasteiger charge is 2.20. The first-order chi connectivity index (χ1) is 15.2. The van der Waals surface area contributed by atoms with Crippen LogP contribution in [0.25, 0.3) is 5.13 Å². The van der Waals surface area contributed by atoms with Gasteiger partial charge in [0.05, 0.1) is 20.8 Å². The van der Waals surface area contributed by atoms with Gasteiger partial charge in [-0.25, -0.2) is 0 Å². The monoisotopic (exact) mass is 442 g/mol. The topological polar surface area (TPSA) is 67.7 Å². The lowest BCUT2D eigenvalue weighted by Crippen LogP contribution is -2.46. The third kappa shape index (κ3) is 5.11. The first-order valence-corrected chi connectivity index (χ1v) is 11.5. The van der Waals surface area contributed by atoms with E-state index in [2.05, 4.69) is 42.9 Å². The van der Waals surface area contributed by atoms with Gasteiger partial charge in [0, 0.05) is 62.0 Å². The van der Waals surface area contributed by atoms with Crippen molar-refractivity contribution < 1.29 is 9.47 Å². The summed E-state index contributed by atoms with van der Waals surface area (Å²) in [6, 6.07) is 9.90. The summed E-state index contributed by atoms with van der Waals surface area (Å²) in [5.74, 6) is 1.51. The van der Waals surface area contributed by atoms with E-state index in [1.165, 1.54) is 13.0 Å². The number of nitrogens with one attached hydrogen (secondary N) is 1. The van der Waals surface area contributed by atoms with Crippen LogP contribution in [0.5, 0.6) is 11.5 Å². The zero-order valence-electron chi connectivity index (χ0n) is 18.4. The van der Waals surface area contributed by atoms with E-state index >= 15 is 0 Å². The van der Waals surface area contributed by atoms with Crippen LogP contribution in [0, 0.1) is 0 Å². The number of aromatic nitrogens is 3. The van der Waals surface area contributed by atoms with Crippen molar-refractivity contribution in [2.45, 2.75) is 19.9 Å². The van der Waals surface area contributed by atoms with Gasteiger partial charge in [0.2, 0.25) is 10.3 Å². The van der Waals surface area contributed by atoms with Crippen molar-refractivity contribution in [3.8, 4) is 16.6 Å². The van der Waals surface area contributed by atoms with E-state index in [1.807, 2.05) is 30.5 Å². The van der Waals surface area contributed by atoms with Crippen LogP contribution in [-0.4, -0.2) is 66.6 Å². The van der Waals surface area contributed by atoms with E-state index in [4.69, 9.17) is 9.47 Å². The number of methoxy groups -OCH3 is 2. The van der Waals surface area contributed by atoms with Crippen LogP contribution in [0.3, 0.4) is 0 Å². The first-order valence-electron chi connectivity index (χ1n) is 10.6. The number of ether oxygens (including phenoxy) is 2. The third-order valence-electron chi connectivity index (χ3n) is 5.45. The van der Waals surface area contributed by atoms with Crippen LogP contribution in [0.2, 0.25) is 0 Å². The van der Waals surface area contributed by atoms with Gasteiger partial charge in [-0.3, -0.25) is 9.47 Å². The number of hydrogen-bond acceptors (Lipinski definition) is 8. The van der Waals surface area contributed by atoms with Crippen LogP contribution in [-0.2, 0) is 6.54 Å². The van der Waals surface area contributed by atoms with Crippen molar-refractivity contribution in [2.24, 2.45) is 0 Å². The van der Waals surface area contributed by atoms with Gasteiger partial charge < -0.3 is 19.7 Å². The molecule has 3 heterocycles. The molecular weight excluding hydrogens is 412 g/mol. The van der Waals surface area contributed by atoms with Gasteiger partial charge >= 0.3 is 0 Å². The quantitative estimate of drug-likeness (QED) is 0.544. The fraction of sp³-hybridized carbons (Fsp3) is 0.455. The molecule has 166 valence electrons. The number of anilines is 2. The maximum atomic E-state index is 5.36. The van der Waals surface area contributed by atoms with Gasteiger partial charge in [-0.05, 0) is 25.1 Å². The Morgan fingerprint density at radius 2 is 1.71 bits per heavy atom. The summed E-state index contributed by atoms with van der Waals surface area (Å²) in [4.78, 5) is 4.86. The number of nitrogens with zero attached hydrogens (tertiary/aromatic N) is 5. The summed E-state index contributed by atoms with van der Waals surface area (Å²) in [6.45, 7) is 8.25. The fourth-order valence-corrected chi connectivity index (χ4v) is 4.68. The predicted octanol–water partition coefficient (Wildman–Crippen LogP) is 3.49. The van der Waals surface area contributed by atoms with E-state index in [0.29, 0.717) is 6.54 Å². The molecule has 0 saturated carbocycles. The molecule has 1 fully saturated rings. The van der Waals surface area contributed by atoms with E-state index in [1.54, 1.807) is 25.6 Å². The first kappa shape index (κ1) is 21.5. The van der Waals surface area contributed by atoms with Crippen molar-refractivity contribution in [3.05, 3.63) is 42.2 Å².